The van der Waals surface area contributed by atoms with Crippen molar-refractivity contribution in [2.45, 2.75) is 197 Å². The number of hydrogen-bond donors (Lipinski definition) is 5. The predicted octanol–water partition coefficient (Wildman–Crippen LogP) is 2.43. The van der Waals surface area contributed by atoms with Gasteiger partial charge < -0.3 is 63.5 Å². The van der Waals surface area contributed by atoms with E-state index in [0.717, 1.165) is 50.5 Å². The number of hydrogen-bond acceptors (Lipinski definition) is 16. The highest BCUT2D eigenvalue weighted by molar-refractivity contribution is 5.85. The van der Waals surface area contributed by atoms with E-state index in [9.17, 15) is 40.4 Å². The fraction of sp³-hybridized carbons (Fsp3) is 0.927. The molecule has 0 bridgehead atoms. The smallest absolute Gasteiger partial charge is 0.331 e. The van der Waals surface area contributed by atoms with Crippen molar-refractivity contribution < 1.29 is 73.4 Å². The minimum Gasteiger partial charge on any atom is -0.458 e. The van der Waals surface area contributed by atoms with E-state index in [0.29, 0.717) is 5.92 Å². The molecule has 0 aromatic heterocycles. The van der Waals surface area contributed by atoms with Gasteiger partial charge >= 0.3 is 5.97 Å². The van der Waals surface area contributed by atoms with Crippen LogP contribution in [0.1, 0.15) is 105 Å². The second-order valence-electron chi connectivity index (χ2n) is 19.2. The molecule has 4 aliphatic carbocycles. The Balaban J connectivity index is 0.870. The summed E-state index contributed by atoms with van der Waals surface area (Å²) in [5, 5.41) is 66.1. The number of cyclic esters (lactones) is 1. The maximum atomic E-state index is 12.6. The lowest BCUT2D eigenvalue weighted by Crippen LogP contribution is -2.62. The van der Waals surface area contributed by atoms with Gasteiger partial charge in [0.2, 0.25) is 0 Å². The second kappa shape index (κ2) is 16.0. The third kappa shape index (κ3) is 7.51. The maximum Gasteiger partial charge on any atom is 0.331 e. The molecule has 328 valence electrons. The monoisotopic (exact) mass is 825 g/mol. The van der Waals surface area contributed by atoms with Crippen molar-refractivity contribution in [3.8, 4) is 0 Å². The lowest BCUT2D eigenvalue weighted by atomic mass is 9.43. The molecule has 7 fully saturated rings. The van der Waals surface area contributed by atoms with Crippen molar-refractivity contribution in [1.29, 1.82) is 0 Å². The number of carbonyl (C=O) groups excluding carboxylic acids is 1. The highest BCUT2D eigenvalue weighted by Crippen LogP contribution is 2.70. The summed E-state index contributed by atoms with van der Waals surface area (Å²) in [5.74, 6) is -0.0749. The van der Waals surface area contributed by atoms with Crippen molar-refractivity contribution in [2.75, 3.05) is 6.61 Å². The van der Waals surface area contributed by atoms with Crippen LogP contribution in [0.3, 0.4) is 0 Å². The maximum absolute atomic E-state index is 12.6. The summed E-state index contributed by atoms with van der Waals surface area (Å²) in [7, 11) is 0. The molecule has 8 aliphatic rings. The zero-order valence-electron chi connectivity index (χ0n) is 34.1. The van der Waals surface area contributed by atoms with Gasteiger partial charge in [-0.2, -0.15) is 0 Å². The standard InChI is InChI=1S/C41H63NO16/c1-19-36(47)27(43)14-32(52-19)56-37-20(2)53-33(15-28(37)44)57-38-21(3)54-34(16-30(38)58-42(49)50)55-24-8-10-39(4)23(13-24)6-7-26-25(39)9-11-40(5)35(22-12-31(46)51-18-22)29(45)17-41(26,40)48/h12,19-21,23-30,32-38,43-45,47-48H,6-11,13-18H2,1-5H3/t19-,20-,21-,23-,24+,25+,26-,27+,28+,29+,30+,32+,33+,34+,35+,36-,37-,38-,39+,40-,41+/m1/s1. The number of carbonyl (C=O) groups is 1. The van der Waals surface area contributed by atoms with Gasteiger partial charge in [-0.1, -0.05) is 13.8 Å². The van der Waals surface area contributed by atoms with E-state index in [1.807, 2.05) is 0 Å². The summed E-state index contributed by atoms with van der Waals surface area (Å²) < 4.78 is 42.1. The molecule has 4 aliphatic heterocycles. The minimum atomic E-state index is -1.06. The Morgan fingerprint density at radius 3 is 2.09 bits per heavy atom. The molecule has 0 radical (unpaired) electrons. The molecule has 0 amide bonds. The Morgan fingerprint density at radius 1 is 0.776 bits per heavy atom. The number of esters is 1. The van der Waals surface area contributed by atoms with Crippen LogP contribution >= 0.6 is 0 Å². The van der Waals surface area contributed by atoms with Crippen LogP contribution in [0.5, 0.6) is 0 Å². The molecular formula is C41H63NO16. The summed E-state index contributed by atoms with van der Waals surface area (Å²) in [6.45, 7) is 9.69. The SMILES string of the molecule is C[C@H]1O[C@@H](O[C@H]2[C@@H](O)C[C@H](O[C@H]3[C@@H](O[N+](=O)[O-])C[C@H](O[C@H]4CC[C@@]5(C)[C@H](CC[C@@H]6[C@@H]5CC[C@]5(C)[C@@H](C7=CC(=O)OC7)[C@@H](O)C[C@]65O)C4)O[C@@H]3C)O[C@@H]2C)C[C@H](O)[C@@H]1O. The van der Waals surface area contributed by atoms with Crippen molar-refractivity contribution >= 4 is 5.97 Å². The molecule has 0 aromatic rings. The second-order valence-corrected chi connectivity index (χ2v) is 19.2. The predicted molar refractivity (Wildman–Crippen MR) is 198 cm³/mol. The fourth-order valence-corrected chi connectivity index (χ4v) is 13.1. The highest BCUT2D eigenvalue weighted by Gasteiger charge is 2.70. The molecule has 0 aromatic carbocycles. The summed E-state index contributed by atoms with van der Waals surface area (Å²) in [6.07, 6.45) is -3.66. The van der Waals surface area contributed by atoms with E-state index in [1.165, 1.54) is 6.08 Å². The number of fused-ring (bicyclic) bond motifs is 5. The number of rotatable bonds is 9. The van der Waals surface area contributed by atoms with Crippen LogP contribution in [0.15, 0.2) is 11.6 Å². The van der Waals surface area contributed by atoms with E-state index in [2.05, 4.69) is 13.8 Å². The van der Waals surface area contributed by atoms with E-state index in [-0.39, 0.29) is 67.5 Å². The van der Waals surface area contributed by atoms with Gasteiger partial charge in [-0.3, -0.25) is 0 Å². The highest BCUT2D eigenvalue weighted by atomic mass is 17.0. The van der Waals surface area contributed by atoms with Crippen molar-refractivity contribution in [1.82, 2.24) is 0 Å². The quantitative estimate of drug-likeness (QED) is 0.0972. The van der Waals surface area contributed by atoms with Crippen LogP contribution in [0.4, 0.5) is 0 Å². The molecule has 58 heavy (non-hydrogen) atoms. The number of aliphatic hydroxyl groups excluding tert-OH is 4. The molecule has 17 nitrogen and oxygen atoms in total. The van der Waals surface area contributed by atoms with Gasteiger partial charge in [0.15, 0.2) is 18.9 Å². The molecule has 4 heterocycles. The average molecular weight is 826 g/mol. The summed E-state index contributed by atoms with van der Waals surface area (Å²) in [6, 6.07) is 0. The van der Waals surface area contributed by atoms with Gasteiger partial charge in [0, 0.05) is 43.1 Å². The van der Waals surface area contributed by atoms with E-state index < -0.39 is 96.0 Å². The van der Waals surface area contributed by atoms with Crippen molar-refractivity contribution in [3.63, 3.8) is 0 Å². The third-order valence-corrected chi connectivity index (χ3v) is 16.0. The first-order valence-electron chi connectivity index (χ1n) is 21.5. The first-order valence-corrected chi connectivity index (χ1v) is 21.5. The van der Waals surface area contributed by atoms with Gasteiger partial charge in [-0.15, -0.1) is 10.1 Å². The Kier molecular flexibility index (Phi) is 11.8. The van der Waals surface area contributed by atoms with Gasteiger partial charge in [0.05, 0.1) is 48.3 Å². The van der Waals surface area contributed by atoms with Gasteiger partial charge in [0.25, 0.3) is 5.09 Å². The van der Waals surface area contributed by atoms with Gasteiger partial charge in [0.1, 0.15) is 31.0 Å². The fourth-order valence-electron chi connectivity index (χ4n) is 13.1. The Morgan fingerprint density at radius 2 is 1.43 bits per heavy atom. The lowest BCUT2D eigenvalue weighted by molar-refractivity contribution is -0.773. The number of ether oxygens (including phenoxy) is 7. The summed E-state index contributed by atoms with van der Waals surface area (Å²) >= 11 is 0. The molecule has 4 saturated carbocycles. The lowest BCUT2D eigenvalue weighted by Gasteiger charge is -2.63. The Hall–Kier alpha value is -2.03. The van der Waals surface area contributed by atoms with Crippen LogP contribution in [-0.2, 0) is 42.8 Å². The van der Waals surface area contributed by atoms with Crippen LogP contribution in [0.25, 0.3) is 0 Å². The molecule has 17 heteroatoms. The van der Waals surface area contributed by atoms with Crippen LogP contribution in [0, 0.1) is 44.6 Å². The van der Waals surface area contributed by atoms with Gasteiger partial charge in [-0.25, -0.2) is 4.79 Å². The number of aliphatic hydroxyl groups is 5. The molecule has 5 N–H and O–H groups in total. The summed E-state index contributed by atoms with van der Waals surface area (Å²) in [4.78, 5) is 28.8. The molecule has 21 atom stereocenters. The zero-order valence-corrected chi connectivity index (χ0v) is 34.1. The van der Waals surface area contributed by atoms with Crippen LogP contribution in [0.2, 0.25) is 0 Å². The van der Waals surface area contributed by atoms with Gasteiger partial charge in [-0.05, 0) is 94.5 Å². The number of nitrogens with zero attached hydrogens (tertiary/aromatic N) is 1. The Bertz CT molecular complexity index is 1540. The molecule has 3 saturated heterocycles. The largest absolute Gasteiger partial charge is 0.458 e. The topological polar surface area (TPSA) is 235 Å². The van der Waals surface area contributed by atoms with E-state index in [1.54, 1.807) is 20.8 Å². The molecule has 8 rings (SSSR count). The van der Waals surface area contributed by atoms with Crippen LogP contribution < -0.4 is 0 Å². The molecular weight excluding hydrogens is 762 g/mol. The van der Waals surface area contributed by atoms with E-state index in [4.69, 9.17) is 38.0 Å². The average Bonchev–Trinajstić information content (AvgIpc) is 3.65. The summed E-state index contributed by atoms with van der Waals surface area (Å²) in [5.41, 5.74) is -0.871. The zero-order chi connectivity index (χ0) is 41.5. The van der Waals surface area contributed by atoms with Crippen molar-refractivity contribution in [3.05, 3.63) is 21.8 Å². The van der Waals surface area contributed by atoms with Crippen LogP contribution in [-0.4, -0.2) is 135 Å². The molecule has 0 unspecified atom stereocenters. The minimum absolute atomic E-state index is 0.00721. The normalized spacial score (nSPS) is 53.1. The third-order valence-electron chi connectivity index (χ3n) is 16.0. The molecule has 0 spiro atoms. The first kappa shape index (κ1) is 42.7. The van der Waals surface area contributed by atoms with E-state index >= 15 is 0 Å². The first-order chi connectivity index (χ1) is 27.4. The van der Waals surface area contributed by atoms with Crippen molar-refractivity contribution in [2.24, 2.45) is 34.5 Å². The Labute approximate surface area is 338 Å².